The second-order valence-electron chi connectivity index (χ2n) is 10.3. The van der Waals surface area contributed by atoms with Gasteiger partial charge in [0.25, 0.3) is 0 Å². The van der Waals surface area contributed by atoms with Crippen molar-refractivity contribution < 1.29 is 14.3 Å². The third-order valence-corrected chi connectivity index (χ3v) is 6.39. The maximum atomic E-state index is 13.2. The van der Waals surface area contributed by atoms with Crippen LogP contribution in [0.4, 0.5) is 26.8 Å². The second-order valence-corrected chi connectivity index (χ2v) is 10.3. The SMILES string of the molecule is Cc1nc2cc(NC(=O)N3CCc4c(N5CCN(C(=O)OC(C)(C)C)[C@H](C)C5)ccnc43)ccn2n1. The van der Waals surface area contributed by atoms with Crippen LogP contribution < -0.4 is 15.1 Å². The average molecular weight is 493 g/mol. The molecule has 0 radical (unpaired) electrons. The molecule has 0 saturated carbocycles. The van der Waals surface area contributed by atoms with E-state index in [1.165, 1.54) is 0 Å². The molecule has 36 heavy (non-hydrogen) atoms. The predicted molar refractivity (Wildman–Crippen MR) is 137 cm³/mol. The molecule has 0 spiro atoms. The maximum Gasteiger partial charge on any atom is 0.410 e. The number of rotatable bonds is 2. The van der Waals surface area contributed by atoms with Gasteiger partial charge in [-0.3, -0.25) is 4.90 Å². The van der Waals surface area contributed by atoms with E-state index in [1.807, 2.05) is 40.7 Å². The number of carbonyl (C=O) groups excluding carboxylic acids is 2. The Bertz CT molecular complexity index is 1310. The number of nitrogens with one attached hydrogen (secondary N) is 1. The Hall–Kier alpha value is -3.89. The van der Waals surface area contributed by atoms with E-state index in [1.54, 1.807) is 38.8 Å². The molecule has 1 fully saturated rings. The highest BCUT2D eigenvalue weighted by Crippen LogP contribution is 2.35. The topological polar surface area (TPSA) is 108 Å². The van der Waals surface area contributed by atoms with E-state index in [4.69, 9.17) is 4.74 Å². The summed E-state index contributed by atoms with van der Waals surface area (Å²) >= 11 is 0. The van der Waals surface area contributed by atoms with Crippen LogP contribution in [-0.2, 0) is 11.2 Å². The Labute approximate surface area is 210 Å². The lowest BCUT2D eigenvalue weighted by molar-refractivity contribution is 0.0159. The molecule has 0 aromatic carbocycles. The van der Waals surface area contributed by atoms with Crippen LogP contribution in [0, 0.1) is 6.92 Å². The van der Waals surface area contributed by atoms with Gasteiger partial charge in [0, 0.05) is 67.6 Å². The van der Waals surface area contributed by atoms with Gasteiger partial charge in [0.2, 0.25) is 0 Å². The van der Waals surface area contributed by atoms with Gasteiger partial charge >= 0.3 is 12.1 Å². The van der Waals surface area contributed by atoms with Crippen LogP contribution in [0.15, 0.2) is 30.6 Å². The molecular weight excluding hydrogens is 460 g/mol. The van der Waals surface area contributed by atoms with Crippen LogP contribution in [0.25, 0.3) is 5.65 Å². The van der Waals surface area contributed by atoms with Crippen LogP contribution >= 0.6 is 0 Å². The number of aryl methyl sites for hydroxylation is 1. The standard InChI is InChI=1S/C25H32N8O3/c1-16-15-30(12-13-31(16)24(35)36-25(3,4)5)20-6-9-26-22-19(20)8-10-32(22)23(34)28-18-7-11-33-21(14-18)27-17(2)29-33/h6-7,9,11,14,16H,8,10,12-13,15H2,1-5H3,(H,28,34)/t16-/m1/s1. The van der Waals surface area contributed by atoms with Crippen LogP contribution in [0.3, 0.4) is 0 Å². The van der Waals surface area contributed by atoms with Gasteiger partial charge in [0.05, 0.1) is 0 Å². The molecule has 0 aliphatic carbocycles. The molecule has 5 rings (SSSR count). The lowest BCUT2D eigenvalue weighted by Gasteiger charge is -2.41. The number of fused-ring (bicyclic) bond motifs is 2. The van der Waals surface area contributed by atoms with Gasteiger partial charge in [-0.15, -0.1) is 0 Å². The van der Waals surface area contributed by atoms with Gasteiger partial charge in [-0.1, -0.05) is 0 Å². The van der Waals surface area contributed by atoms with Gasteiger partial charge in [0.15, 0.2) is 5.65 Å². The minimum absolute atomic E-state index is 0.00562. The summed E-state index contributed by atoms with van der Waals surface area (Å²) in [7, 11) is 0. The summed E-state index contributed by atoms with van der Waals surface area (Å²) < 4.78 is 7.25. The van der Waals surface area contributed by atoms with Crippen molar-refractivity contribution in [2.24, 2.45) is 0 Å². The minimum Gasteiger partial charge on any atom is -0.444 e. The zero-order valence-corrected chi connectivity index (χ0v) is 21.4. The number of urea groups is 1. The number of anilines is 3. The second kappa shape index (κ2) is 8.96. The predicted octanol–water partition coefficient (Wildman–Crippen LogP) is 3.47. The van der Waals surface area contributed by atoms with Crippen molar-refractivity contribution in [2.75, 3.05) is 41.3 Å². The quantitative estimate of drug-likeness (QED) is 0.583. The first-order chi connectivity index (χ1) is 17.1. The monoisotopic (exact) mass is 492 g/mol. The van der Waals surface area contributed by atoms with Crippen molar-refractivity contribution in [3.8, 4) is 0 Å². The van der Waals surface area contributed by atoms with E-state index in [0.29, 0.717) is 49.2 Å². The molecule has 3 amide bonds. The fourth-order valence-corrected chi connectivity index (χ4v) is 4.80. The number of nitrogens with zero attached hydrogens (tertiary/aromatic N) is 7. The average Bonchev–Trinajstić information content (AvgIpc) is 3.40. The third kappa shape index (κ3) is 4.65. The molecule has 11 heteroatoms. The molecule has 3 aromatic heterocycles. The summed E-state index contributed by atoms with van der Waals surface area (Å²) in [5, 5.41) is 7.23. The van der Waals surface area contributed by atoms with E-state index in [-0.39, 0.29) is 18.2 Å². The fraction of sp³-hybridized carbons (Fsp3) is 0.480. The van der Waals surface area contributed by atoms with E-state index < -0.39 is 5.60 Å². The zero-order chi connectivity index (χ0) is 25.6. The third-order valence-electron chi connectivity index (χ3n) is 6.39. The van der Waals surface area contributed by atoms with Gasteiger partial charge in [0.1, 0.15) is 17.2 Å². The molecule has 11 nitrogen and oxygen atoms in total. The Kier molecular flexibility index (Phi) is 5.93. The summed E-state index contributed by atoms with van der Waals surface area (Å²) in [6, 6.07) is 5.35. The van der Waals surface area contributed by atoms with Crippen molar-refractivity contribution in [1.29, 1.82) is 0 Å². The first-order valence-corrected chi connectivity index (χ1v) is 12.2. The van der Waals surface area contributed by atoms with Crippen LogP contribution in [0.2, 0.25) is 0 Å². The molecule has 0 unspecified atom stereocenters. The Morgan fingerprint density at radius 1 is 1.17 bits per heavy atom. The highest BCUT2D eigenvalue weighted by Gasteiger charge is 2.34. The Morgan fingerprint density at radius 3 is 2.72 bits per heavy atom. The Morgan fingerprint density at radius 2 is 1.97 bits per heavy atom. The van der Waals surface area contributed by atoms with Crippen LogP contribution in [-0.4, -0.2) is 74.4 Å². The Balaban J connectivity index is 1.29. The first kappa shape index (κ1) is 23.8. The van der Waals surface area contributed by atoms with Gasteiger partial charge in [-0.25, -0.2) is 24.1 Å². The summed E-state index contributed by atoms with van der Waals surface area (Å²) in [4.78, 5) is 40.4. The number of hydrogen-bond acceptors (Lipinski definition) is 7. The van der Waals surface area contributed by atoms with E-state index in [2.05, 4.69) is 25.3 Å². The number of carbonyl (C=O) groups is 2. The molecule has 2 aliphatic rings. The molecule has 190 valence electrons. The molecular formula is C25H32N8O3. The fourth-order valence-electron chi connectivity index (χ4n) is 4.80. The largest absolute Gasteiger partial charge is 0.444 e. The van der Waals surface area contributed by atoms with Crippen LogP contribution in [0.1, 0.15) is 39.1 Å². The van der Waals surface area contributed by atoms with Crippen molar-refractivity contribution in [3.05, 3.63) is 42.0 Å². The summed E-state index contributed by atoms with van der Waals surface area (Å²) in [5.41, 5.74) is 2.91. The molecule has 5 heterocycles. The summed E-state index contributed by atoms with van der Waals surface area (Å²) in [6.07, 6.45) is 3.96. The number of piperazine rings is 1. The minimum atomic E-state index is -0.524. The first-order valence-electron chi connectivity index (χ1n) is 12.2. The van der Waals surface area contributed by atoms with Crippen molar-refractivity contribution >= 4 is 35.0 Å². The van der Waals surface area contributed by atoms with E-state index in [9.17, 15) is 9.59 Å². The normalized spacial score (nSPS) is 17.9. The van der Waals surface area contributed by atoms with Gasteiger partial charge < -0.3 is 19.9 Å². The number of amides is 3. The molecule has 1 N–H and O–H groups in total. The number of ether oxygens (including phenoxy) is 1. The van der Waals surface area contributed by atoms with E-state index >= 15 is 0 Å². The highest BCUT2D eigenvalue weighted by molar-refractivity contribution is 6.03. The highest BCUT2D eigenvalue weighted by atomic mass is 16.6. The van der Waals surface area contributed by atoms with E-state index in [0.717, 1.165) is 17.7 Å². The van der Waals surface area contributed by atoms with Gasteiger partial charge in [-0.05, 0) is 53.2 Å². The number of hydrogen-bond donors (Lipinski definition) is 1. The number of pyridine rings is 2. The van der Waals surface area contributed by atoms with Crippen molar-refractivity contribution in [3.63, 3.8) is 0 Å². The smallest absolute Gasteiger partial charge is 0.410 e. The lowest BCUT2D eigenvalue weighted by atomic mass is 10.1. The molecule has 3 aromatic rings. The van der Waals surface area contributed by atoms with Gasteiger partial charge in [-0.2, -0.15) is 5.10 Å². The zero-order valence-electron chi connectivity index (χ0n) is 21.4. The summed E-state index contributed by atoms with van der Waals surface area (Å²) in [5.74, 6) is 1.34. The van der Waals surface area contributed by atoms with Crippen molar-refractivity contribution in [2.45, 2.75) is 52.7 Å². The van der Waals surface area contributed by atoms with Crippen LogP contribution in [0.5, 0.6) is 0 Å². The molecule has 2 aliphatic heterocycles. The molecule has 1 saturated heterocycles. The van der Waals surface area contributed by atoms with Crippen molar-refractivity contribution in [1.82, 2.24) is 24.5 Å². The number of aromatic nitrogens is 4. The maximum absolute atomic E-state index is 13.2. The molecule has 1 atom stereocenters. The lowest BCUT2D eigenvalue weighted by Crippen LogP contribution is -2.55. The summed E-state index contributed by atoms with van der Waals surface area (Å²) in [6.45, 7) is 12.0. The molecule has 0 bridgehead atoms.